The molecule has 0 saturated carbocycles. The fraction of sp³-hybridized carbons (Fsp3) is 0.929. The molecule has 2 fully saturated rings. The maximum atomic E-state index is 12.6. The quantitative estimate of drug-likeness (QED) is 0.862. The lowest BCUT2D eigenvalue weighted by molar-refractivity contribution is -0.140. The van der Waals surface area contributed by atoms with E-state index in [0.717, 1.165) is 51.9 Å². The Morgan fingerprint density at radius 2 is 2.05 bits per heavy atom. The van der Waals surface area contributed by atoms with Crippen molar-refractivity contribution in [2.24, 2.45) is 5.92 Å². The molecule has 2 rings (SSSR count). The van der Waals surface area contributed by atoms with Crippen LogP contribution in [0.2, 0.25) is 0 Å². The lowest BCUT2D eigenvalue weighted by atomic mass is 9.88. The standard InChI is InChI=1S/C14H26N2O2.ClH/c1-14(7-3-4-8-15-14)13(17)16-9-5-12(6-10-16)11-18-2;/h12,15H,3-11H2,1-2H3;1H. The molecule has 1 atom stereocenters. The largest absolute Gasteiger partial charge is 0.384 e. The van der Waals surface area contributed by atoms with E-state index in [1.54, 1.807) is 7.11 Å². The van der Waals surface area contributed by atoms with Gasteiger partial charge in [-0.1, -0.05) is 0 Å². The van der Waals surface area contributed by atoms with Crippen LogP contribution < -0.4 is 5.32 Å². The number of carbonyl (C=O) groups excluding carboxylic acids is 1. The first-order chi connectivity index (χ1) is 8.65. The first-order valence-corrected chi connectivity index (χ1v) is 7.19. The molecule has 0 spiro atoms. The van der Waals surface area contributed by atoms with Crippen molar-refractivity contribution in [2.45, 2.75) is 44.6 Å². The van der Waals surface area contributed by atoms with Crippen molar-refractivity contribution in [3.63, 3.8) is 0 Å². The van der Waals surface area contributed by atoms with Gasteiger partial charge in [-0.25, -0.2) is 0 Å². The number of halogens is 1. The Hall–Kier alpha value is -0.320. The van der Waals surface area contributed by atoms with Gasteiger partial charge in [-0.05, 0) is 51.5 Å². The summed E-state index contributed by atoms with van der Waals surface area (Å²) in [7, 11) is 1.75. The Morgan fingerprint density at radius 1 is 1.37 bits per heavy atom. The maximum absolute atomic E-state index is 12.6. The molecular weight excluding hydrogens is 264 g/mol. The van der Waals surface area contributed by atoms with Crippen LogP contribution in [0.1, 0.15) is 39.0 Å². The predicted molar refractivity (Wildman–Crippen MR) is 78.7 cm³/mol. The molecule has 2 saturated heterocycles. The molecule has 0 aliphatic carbocycles. The summed E-state index contributed by atoms with van der Waals surface area (Å²) in [6, 6.07) is 0. The molecule has 1 N–H and O–H groups in total. The van der Waals surface area contributed by atoms with Gasteiger partial charge in [0.05, 0.1) is 5.54 Å². The molecule has 4 nitrogen and oxygen atoms in total. The van der Waals surface area contributed by atoms with Crippen molar-refractivity contribution in [3.05, 3.63) is 0 Å². The van der Waals surface area contributed by atoms with Crippen LogP contribution in [0.3, 0.4) is 0 Å². The van der Waals surface area contributed by atoms with Crippen molar-refractivity contribution in [3.8, 4) is 0 Å². The second-order valence-corrected chi connectivity index (χ2v) is 5.91. The third kappa shape index (κ3) is 4.07. The van der Waals surface area contributed by atoms with E-state index in [1.165, 1.54) is 6.42 Å². The van der Waals surface area contributed by atoms with Crippen LogP contribution in [0, 0.1) is 5.92 Å². The average molecular weight is 291 g/mol. The van der Waals surface area contributed by atoms with E-state index >= 15 is 0 Å². The normalized spacial score (nSPS) is 28.8. The fourth-order valence-corrected chi connectivity index (χ4v) is 3.13. The van der Waals surface area contributed by atoms with Gasteiger partial charge in [0.25, 0.3) is 0 Å². The number of hydrogen-bond acceptors (Lipinski definition) is 3. The van der Waals surface area contributed by atoms with Gasteiger partial charge in [0.2, 0.25) is 5.91 Å². The molecule has 2 aliphatic heterocycles. The zero-order chi connectivity index (χ0) is 13.0. The van der Waals surface area contributed by atoms with Crippen molar-refractivity contribution in [2.75, 3.05) is 33.4 Å². The molecule has 112 valence electrons. The summed E-state index contributed by atoms with van der Waals surface area (Å²) in [5.41, 5.74) is -0.313. The molecule has 0 aromatic rings. The SMILES string of the molecule is COCC1CCN(C(=O)C2(C)CCCCN2)CC1.Cl. The second kappa shape index (κ2) is 7.46. The van der Waals surface area contributed by atoms with Crippen molar-refractivity contribution >= 4 is 18.3 Å². The molecule has 1 amide bonds. The molecule has 0 bridgehead atoms. The van der Waals surface area contributed by atoms with Gasteiger partial charge in [-0.3, -0.25) is 4.79 Å². The van der Waals surface area contributed by atoms with E-state index in [2.05, 4.69) is 12.2 Å². The summed E-state index contributed by atoms with van der Waals surface area (Å²) in [5.74, 6) is 0.934. The topological polar surface area (TPSA) is 41.6 Å². The summed E-state index contributed by atoms with van der Waals surface area (Å²) in [5, 5.41) is 3.41. The van der Waals surface area contributed by atoms with Gasteiger partial charge in [0.15, 0.2) is 0 Å². The number of piperidine rings is 2. The van der Waals surface area contributed by atoms with Gasteiger partial charge in [-0.2, -0.15) is 0 Å². The minimum Gasteiger partial charge on any atom is -0.384 e. The average Bonchev–Trinajstić information content (AvgIpc) is 2.40. The Balaban J connectivity index is 0.00000180. The third-order valence-corrected chi connectivity index (χ3v) is 4.39. The summed E-state index contributed by atoms with van der Waals surface area (Å²) in [6.07, 6.45) is 5.49. The molecule has 0 aromatic carbocycles. The number of hydrogen-bond donors (Lipinski definition) is 1. The predicted octanol–water partition coefficient (Wildman–Crippen LogP) is 1.83. The van der Waals surface area contributed by atoms with E-state index < -0.39 is 0 Å². The summed E-state index contributed by atoms with van der Waals surface area (Å²) in [6.45, 7) is 5.66. The minimum atomic E-state index is -0.313. The second-order valence-electron chi connectivity index (χ2n) is 5.91. The smallest absolute Gasteiger partial charge is 0.242 e. The van der Waals surface area contributed by atoms with E-state index in [1.807, 2.05) is 4.90 Å². The Labute approximate surface area is 122 Å². The van der Waals surface area contributed by atoms with Crippen LogP contribution in [0.25, 0.3) is 0 Å². The van der Waals surface area contributed by atoms with E-state index in [-0.39, 0.29) is 17.9 Å². The summed E-state index contributed by atoms with van der Waals surface area (Å²) < 4.78 is 5.20. The first-order valence-electron chi connectivity index (χ1n) is 7.19. The number of nitrogens with one attached hydrogen (secondary N) is 1. The first kappa shape index (κ1) is 16.7. The van der Waals surface area contributed by atoms with Crippen LogP contribution in [0.5, 0.6) is 0 Å². The van der Waals surface area contributed by atoms with Crippen molar-refractivity contribution < 1.29 is 9.53 Å². The maximum Gasteiger partial charge on any atom is 0.242 e. The van der Waals surface area contributed by atoms with E-state index in [0.29, 0.717) is 11.8 Å². The zero-order valence-electron chi connectivity index (χ0n) is 12.1. The molecule has 19 heavy (non-hydrogen) atoms. The van der Waals surface area contributed by atoms with Crippen LogP contribution in [0.15, 0.2) is 0 Å². The molecule has 1 unspecified atom stereocenters. The Kier molecular flexibility index (Phi) is 6.57. The molecule has 0 radical (unpaired) electrons. The lowest BCUT2D eigenvalue weighted by Crippen LogP contribution is -2.59. The summed E-state index contributed by atoms with van der Waals surface area (Å²) in [4.78, 5) is 14.6. The highest BCUT2D eigenvalue weighted by Crippen LogP contribution is 2.25. The molecule has 0 aromatic heterocycles. The van der Waals surface area contributed by atoms with Crippen LogP contribution in [-0.4, -0.2) is 49.7 Å². The minimum absolute atomic E-state index is 0. The van der Waals surface area contributed by atoms with Crippen LogP contribution in [0.4, 0.5) is 0 Å². The lowest BCUT2D eigenvalue weighted by Gasteiger charge is -2.40. The Bertz CT molecular complexity index is 285. The number of rotatable bonds is 3. The zero-order valence-corrected chi connectivity index (χ0v) is 12.9. The molecule has 2 aliphatic rings. The Morgan fingerprint density at radius 3 is 2.58 bits per heavy atom. The third-order valence-electron chi connectivity index (χ3n) is 4.39. The number of amides is 1. The molecule has 5 heteroatoms. The fourth-order valence-electron chi connectivity index (χ4n) is 3.13. The van der Waals surface area contributed by atoms with Gasteiger partial charge in [0, 0.05) is 26.8 Å². The van der Waals surface area contributed by atoms with Crippen LogP contribution in [-0.2, 0) is 9.53 Å². The van der Waals surface area contributed by atoms with Crippen molar-refractivity contribution in [1.82, 2.24) is 10.2 Å². The summed E-state index contributed by atoms with van der Waals surface area (Å²) >= 11 is 0. The number of nitrogens with zero attached hydrogens (tertiary/aromatic N) is 1. The molecular formula is C14H27ClN2O2. The van der Waals surface area contributed by atoms with Gasteiger partial charge in [0.1, 0.15) is 0 Å². The van der Waals surface area contributed by atoms with E-state index in [9.17, 15) is 4.79 Å². The monoisotopic (exact) mass is 290 g/mol. The number of likely N-dealkylation sites (tertiary alicyclic amines) is 1. The van der Waals surface area contributed by atoms with Crippen molar-refractivity contribution in [1.29, 1.82) is 0 Å². The highest BCUT2D eigenvalue weighted by Gasteiger charge is 2.38. The number of carbonyl (C=O) groups is 1. The molecule has 2 heterocycles. The van der Waals surface area contributed by atoms with Gasteiger partial charge >= 0.3 is 0 Å². The highest BCUT2D eigenvalue weighted by molar-refractivity contribution is 5.86. The van der Waals surface area contributed by atoms with Gasteiger partial charge in [-0.15, -0.1) is 12.4 Å². The number of methoxy groups -OCH3 is 1. The van der Waals surface area contributed by atoms with Gasteiger partial charge < -0.3 is 15.0 Å². The van der Waals surface area contributed by atoms with E-state index in [4.69, 9.17) is 4.74 Å². The van der Waals surface area contributed by atoms with Crippen LogP contribution >= 0.6 is 12.4 Å². The highest BCUT2D eigenvalue weighted by atomic mass is 35.5. The number of ether oxygens (including phenoxy) is 1.